The van der Waals surface area contributed by atoms with E-state index in [2.05, 4.69) is 36.4 Å². The Morgan fingerprint density at radius 2 is 2.30 bits per heavy atom. The number of rotatable bonds is 5. The minimum atomic E-state index is -0.546. The van der Waals surface area contributed by atoms with Crippen LogP contribution in [0, 0.1) is 10.1 Å². The molecule has 1 aromatic heterocycles. The molecule has 0 unspecified atom stereocenters. The number of nitrogens with zero attached hydrogens (tertiary/aromatic N) is 3. The number of carbonyl (C=O) groups is 1. The quantitative estimate of drug-likeness (QED) is 0.632. The van der Waals surface area contributed by atoms with Crippen molar-refractivity contribution >= 4 is 27.5 Å². The van der Waals surface area contributed by atoms with Crippen LogP contribution < -0.4 is 5.32 Å². The molecule has 2 aromatic rings. The first-order valence-electron chi connectivity index (χ1n) is 5.64. The van der Waals surface area contributed by atoms with E-state index in [9.17, 15) is 14.9 Å². The van der Waals surface area contributed by atoms with E-state index in [0.717, 1.165) is 0 Å². The Morgan fingerprint density at radius 1 is 1.50 bits per heavy atom. The first-order valence-corrected chi connectivity index (χ1v) is 6.43. The summed E-state index contributed by atoms with van der Waals surface area (Å²) in [6.07, 6.45) is 1.89. The van der Waals surface area contributed by atoms with Crippen molar-refractivity contribution in [1.29, 1.82) is 0 Å². The highest BCUT2D eigenvalue weighted by Crippen LogP contribution is 2.25. The molecule has 1 heterocycles. The van der Waals surface area contributed by atoms with Gasteiger partial charge in [0.25, 0.3) is 11.6 Å². The zero-order valence-corrected chi connectivity index (χ0v) is 11.8. The molecule has 0 saturated heterocycles. The molecule has 0 fully saturated rings. The summed E-state index contributed by atoms with van der Waals surface area (Å²) >= 11 is 3.07. The van der Waals surface area contributed by atoms with Crippen LogP contribution in [0.4, 0.5) is 5.69 Å². The van der Waals surface area contributed by atoms with Crippen LogP contribution in [0.25, 0.3) is 0 Å². The van der Waals surface area contributed by atoms with Crippen LogP contribution in [-0.4, -0.2) is 32.6 Å². The largest absolute Gasteiger partial charge is 0.352 e. The van der Waals surface area contributed by atoms with E-state index in [1.165, 1.54) is 24.5 Å². The first kappa shape index (κ1) is 14.1. The average Bonchev–Trinajstić information content (AvgIpc) is 2.92. The van der Waals surface area contributed by atoms with Crippen LogP contribution in [0.15, 0.2) is 29.0 Å². The van der Waals surface area contributed by atoms with E-state index >= 15 is 0 Å². The van der Waals surface area contributed by atoms with Crippen LogP contribution >= 0.6 is 15.9 Å². The van der Waals surface area contributed by atoms with Crippen molar-refractivity contribution < 1.29 is 9.72 Å². The molecule has 0 aliphatic carbocycles. The molecule has 9 heteroatoms. The summed E-state index contributed by atoms with van der Waals surface area (Å²) in [4.78, 5) is 26.0. The second kappa shape index (κ2) is 6.24. The predicted octanol–water partition coefficient (Wildman–Crippen LogP) is 1.45. The molecule has 1 amide bonds. The van der Waals surface area contributed by atoms with Gasteiger partial charge in [-0.25, -0.2) is 4.98 Å². The summed E-state index contributed by atoms with van der Waals surface area (Å²) in [5, 5.41) is 19.8. The summed E-state index contributed by atoms with van der Waals surface area (Å²) in [5.41, 5.74) is 0.0883. The van der Waals surface area contributed by atoms with Gasteiger partial charge in [0.15, 0.2) is 0 Å². The lowest BCUT2D eigenvalue weighted by Gasteiger charge is -2.04. The number of nitro benzene ring substituents is 1. The molecule has 0 atom stereocenters. The third-order valence-electron chi connectivity index (χ3n) is 2.52. The zero-order chi connectivity index (χ0) is 14.5. The third-order valence-corrected chi connectivity index (χ3v) is 3.19. The van der Waals surface area contributed by atoms with E-state index in [0.29, 0.717) is 23.3 Å². The van der Waals surface area contributed by atoms with E-state index in [4.69, 9.17) is 0 Å². The van der Waals surface area contributed by atoms with Gasteiger partial charge in [-0.05, 0) is 28.1 Å². The number of amides is 1. The van der Waals surface area contributed by atoms with Gasteiger partial charge in [-0.15, -0.1) is 0 Å². The molecule has 0 radical (unpaired) electrons. The standard InChI is InChI=1S/C11H10BrN5O3/c12-8-2-1-7(5-9(8)17(19)20)11(18)13-4-3-10-14-6-15-16-10/h1-2,5-6H,3-4H2,(H,13,18)(H,14,15,16). The SMILES string of the molecule is O=C(NCCc1ncn[nH]1)c1ccc(Br)c([N+](=O)[O-])c1. The lowest BCUT2D eigenvalue weighted by molar-refractivity contribution is -0.385. The van der Waals surface area contributed by atoms with Crippen LogP contribution in [-0.2, 0) is 6.42 Å². The smallest absolute Gasteiger partial charge is 0.284 e. The Labute approximate surface area is 121 Å². The van der Waals surface area contributed by atoms with Crippen molar-refractivity contribution in [3.05, 3.63) is 50.5 Å². The molecule has 0 aliphatic heterocycles. The summed E-state index contributed by atoms with van der Waals surface area (Å²) in [5.74, 6) is 0.284. The molecule has 8 nitrogen and oxygen atoms in total. The second-order valence-electron chi connectivity index (χ2n) is 3.86. The van der Waals surface area contributed by atoms with Crippen LogP contribution in [0.2, 0.25) is 0 Å². The van der Waals surface area contributed by atoms with Gasteiger partial charge in [0.05, 0.1) is 9.40 Å². The van der Waals surface area contributed by atoms with Gasteiger partial charge in [-0.1, -0.05) is 0 Å². The molecule has 2 rings (SSSR count). The normalized spacial score (nSPS) is 10.2. The van der Waals surface area contributed by atoms with Crippen LogP contribution in [0.5, 0.6) is 0 Å². The molecule has 104 valence electrons. The number of H-pyrrole nitrogens is 1. The molecule has 0 bridgehead atoms. The summed E-state index contributed by atoms with van der Waals surface area (Å²) in [7, 11) is 0. The van der Waals surface area contributed by atoms with Gasteiger partial charge < -0.3 is 5.32 Å². The summed E-state index contributed by atoms with van der Waals surface area (Å²) < 4.78 is 0.334. The number of aromatic nitrogens is 3. The molecule has 0 aliphatic rings. The first-order chi connectivity index (χ1) is 9.58. The van der Waals surface area contributed by atoms with Gasteiger partial charge in [-0.3, -0.25) is 20.0 Å². The minimum Gasteiger partial charge on any atom is -0.352 e. The van der Waals surface area contributed by atoms with Crippen LogP contribution in [0.1, 0.15) is 16.2 Å². The maximum Gasteiger partial charge on any atom is 0.284 e. The van der Waals surface area contributed by atoms with E-state index in [-0.39, 0.29) is 17.2 Å². The number of benzene rings is 1. The highest BCUT2D eigenvalue weighted by Gasteiger charge is 2.15. The van der Waals surface area contributed by atoms with Gasteiger partial charge in [-0.2, -0.15) is 5.10 Å². The fourth-order valence-electron chi connectivity index (χ4n) is 1.54. The Morgan fingerprint density at radius 3 is 2.95 bits per heavy atom. The monoisotopic (exact) mass is 339 g/mol. The maximum atomic E-state index is 11.9. The van der Waals surface area contributed by atoms with Gasteiger partial charge in [0.2, 0.25) is 0 Å². The molecular formula is C11H10BrN5O3. The van der Waals surface area contributed by atoms with Crippen molar-refractivity contribution in [3.8, 4) is 0 Å². The third kappa shape index (κ3) is 3.38. The number of hydrogen-bond acceptors (Lipinski definition) is 5. The second-order valence-corrected chi connectivity index (χ2v) is 4.72. The Hall–Kier alpha value is -2.29. The lowest BCUT2D eigenvalue weighted by atomic mass is 10.2. The Kier molecular flexibility index (Phi) is 4.41. The van der Waals surface area contributed by atoms with Crippen molar-refractivity contribution in [2.75, 3.05) is 6.54 Å². The highest BCUT2D eigenvalue weighted by atomic mass is 79.9. The van der Waals surface area contributed by atoms with Gasteiger partial charge >= 0.3 is 0 Å². The molecule has 0 spiro atoms. The average molecular weight is 340 g/mol. The van der Waals surface area contributed by atoms with Crippen molar-refractivity contribution in [1.82, 2.24) is 20.5 Å². The van der Waals surface area contributed by atoms with Gasteiger partial charge in [0, 0.05) is 24.6 Å². The zero-order valence-electron chi connectivity index (χ0n) is 10.2. The lowest BCUT2D eigenvalue weighted by Crippen LogP contribution is -2.26. The fraction of sp³-hybridized carbons (Fsp3) is 0.182. The van der Waals surface area contributed by atoms with Crippen LogP contribution in [0.3, 0.4) is 0 Å². The van der Waals surface area contributed by atoms with E-state index in [1.807, 2.05) is 0 Å². The van der Waals surface area contributed by atoms with Gasteiger partial charge in [0.1, 0.15) is 12.2 Å². The van der Waals surface area contributed by atoms with E-state index in [1.54, 1.807) is 0 Å². The number of nitrogens with one attached hydrogen (secondary N) is 2. The Bertz CT molecular complexity index is 629. The molecule has 0 saturated carbocycles. The topological polar surface area (TPSA) is 114 Å². The highest BCUT2D eigenvalue weighted by molar-refractivity contribution is 9.10. The predicted molar refractivity (Wildman–Crippen MR) is 73.2 cm³/mol. The molecule has 1 aromatic carbocycles. The molecular weight excluding hydrogens is 330 g/mol. The van der Waals surface area contributed by atoms with Crippen molar-refractivity contribution in [3.63, 3.8) is 0 Å². The number of hydrogen-bond donors (Lipinski definition) is 2. The molecule has 2 N–H and O–H groups in total. The number of carbonyl (C=O) groups excluding carboxylic acids is 1. The van der Waals surface area contributed by atoms with Crippen molar-refractivity contribution in [2.24, 2.45) is 0 Å². The van der Waals surface area contributed by atoms with E-state index < -0.39 is 4.92 Å². The summed E-state index contributed by atoms with van der Waals surface area (Å²) in [6, 6.07) is 4.22. The maximum absolute atomic E-state index is 11.9. The number of halogens is 1. The number of nitro groups is 1. The molecule has 20 heavy (non-hydrogen) atoms. The minimum absolute atomic E-state index is 0.145. The summed E-state index contributed by atoms with van der Waals surface area (Å²) in [6.45, 7) is 0.359. The Balaban J connectivity index is 1.98. The van der Waals surface area contributed by atoms with Crippen molar-refractivity contribution in [2.45, 2.75) is 6.42 Å². The fourth-order valence-corrected chi connectivity index (χ4v) is 1.93. The number of aromatic amines is 1.